The molecule has 1 aromatic heterocycles. The fourth-order valence-corrected chi connectivity index (χ4v) is 5.06. The second kappa shape index (κ2) is 12.8. The molecule has 0 spiro atoms. The van der Waals surface area contributed by atoms with Crippen molar-refractivity contribution in [1.82, 2.24) is 19.7 Å². The van der Waals surface area contributed by atoms with Crippen molar-refractivity contribution < 1.29 is 9.53 Å². The minimum Gasteiger partial charge on any atom is -0.496 e. The SMILES string of the molecule is COc1ccccc1CN1CCC(c2nc(C)ccc2C(=O)N(CCN(C)C)Cc2ccccc2)CC1. The van der Waals surface area contributed by atoms with Crippen LogP contribution in [0.3, 0.4) is 0 Å². The maximum absolute atomic E-state index is 14.0. The number of carbonyl (C=O) groups is 1. The van der Waals surface area contributed by atoms with E-state index in [2.05, 4.69) is 34.1 Å². The standard InChI is InChI=1S/C31H40N4O2/c1-24-14-15-28(31(36)35(21-20-33(2)3)22-25-10-6-5-7-11-25)30(32-24)26-16-18-34(19-17-26)23-27-12-8-9-13-29(27)37-4/h5-15,26H,16-23H2,1-4H3. The summed E-state index contributed by atoms with van der Waals surface area (Å²) in [5.74, 6) is 1.29. The molecule has 2 aromatic carbocycles. The number of hydrogen-bond acceptors (Lipinski definition) is 5. The van der Waals surface area contributed by atoms with E-state index < -0.39 is 0 Å². The maximum atomic E-state index is 14.0. The maximum Gasteiger partial charge on any atom is 0.256 e. The van der Waals surface area contributed by atoms with E-state index in [1.165, 1.54) is 5.56 Å². The molecule has 1 amide bonds. The Balaban J connectivity index is 1.50. The van der Waals surface area contributed by atoms with E-state index in [-0.39, 0.29) is 11.8 Å². The van der Waals surface area contributed by atoms with Crippen LogP contribution in [0.2, 0.25) is 0 Å². The van der Waals surface area contributed by atoms with Gasteiger partial charge in [-0.1, -0.05) is 48.5 Å². The molecule has 37 heavy (non-hydrogen) atoms. The molecule has 0 atom stereocenters. The Morgan fingerprint density at radius 3 is 2.38 bits per heavy atom. The summed E-state index contributed by atoms with van der Waals surface area (Å²) in [6.45, 7) is 6.92. The summed E-state index contributed by atoms with van der Waals surface area (Å²) in [6, 6.07) is 22.4. The number of amides is 1. The van der Waals surface area contributed by atoms with Crippen molar-refractivity contribution in [1.29, 1.82) is 0 Å². The molecule has 4 rings (SSSR count). The minimum absolute atomic E-state index is 0.0738. The summed E-state index contributed by atoms with van der Waals surface area (Å²) in [6.07, 6.45) is 1.98. The zero-order chi connectivity index (χ0) is 26.2. The second-order valence-electron chi connectivity index (χ2n) is 10.3. The molecule has 1 fully saturated rings. The molecular weight excluding hydrogens is 460 g/mol. The molecule has 0 aliphatic carbocycles. The van der Waals surface area contributed by atoms with Gasteiger partial charge in [0, 0.05) is 43.4 Å². The van der Waals surface area contributed by atoms with E-state index in [1.807, 2.05) is 68.4 Å². The number of likely N-dealkylation sites (N-methyl/N-ethyl adjacent to an activating group) is 1. The summed E-state index contributed by atoms with van der Waals surface area (Å²) in [5.41, 5.74) is 5.03. The largest absolute Gasteiger partial charge is 0.496 e. The number of carbonyl (C=O) groups excluding carboxylic acids is 1. The number of benzene rings is 2. The highest BCUT2D eigenvalue weighted by molar-refractivity contribution is 5.95. The summed E-state index contributed by atoms with van der Waals surface area (Å²) in [5, 5.41) is 0. The van der Waals surface area contributed by atoms with Crippen LogP contribution in [0.5, 0.6) is 5.75 Å². The van der Waals surface area contributed by atoms with Gasteiger partial charge in [0.2, 0.25) is 0 Å². The van der Waals surface area contributed by atoms with Crippen LogP contribution in [-0.4, -0.2) is 73.0 Å². The van der Waals surface area contributed by atoms with Gasteiger partial charge < -0.3 is 14.5 Å². The average Bonchev–Trinajstić information content (AvgIpc) is 2.92. The van der Waals surface area contributed by atoms with E-state index in [0.29, 0.717) is 13.1 Å². The number of aryl methyl sites for hydroxylation is 1. The minimum atomic E-state index is 0.0738. The first kappa shape index (κ1) is 26.8. The van der Waals surface area contributed by atoms with Crippen LogP contribution in [-0.2, 0) is 13.1 Å². The summed E-state index contributed by atoms with van der Waals surface area (Å²) >= 11 is 0. The van der Waals surface area contributed by atoms with Gasteiger partial charge >= 0.3 is 0 Å². The number of nitrogens with zero attached hydrogens (tertiary/aromatic N) is 4. The quantitative estimate of drug-likeness (QED) is 0.393. The van der Waals surface area contributed by atoms with Gasteiger partial charge in [0.1, 0.15) is 5.75 Å². The zero-order valence-corrected chi connectivity index (χ0v) is 22.7. The van der Waals surface area contributed by atoms with E-state index in [1.54, 1.807) is 7.11 Å². The molecule has 0 radical (unpaired) electrons. The number of para-hydroxylation sites is 1. The average molecular weight is 501 g/mol. The van der Waals surface area contributed by atoms with Gasteiger partial charge in [-0.25, -0.2) is 0 Å². The molecule has 196 valence electrons. The van der Waals surface area contributed by atoms with E-state index in [0.717, 1.165) is 67.3 Å². The van der Waals surface area contributed by atoms with Gasteiger partial charge in [-0.3, -0.25) is 14.7 Å². The Hall–Kier alpha value is -3.22. The molecule has 1 saturated heterocycles. The van der Waals surface area contributed by atoms with Gasteiger partial charge in [-0.05, 0) is 70.7 Å². The Labute approximate surface area is 221 Å². The van der Waals surface area contributed by atoms with E-state index >= 15 is 0 Å². The Bertz CT molecular complexity index is 1160. The molecule has 2 heterocycles. The van der Waals surface area contributed by atoms with Gasteiger partial charge in [0.05, 0.1) is 18.4 Å². The van der Waals surface area contributed by atoms with Gasteiger partial charge in [-0.15, -0.1) is 0 Å². The van der Waals surface area contributed by atoms with Crippen LogP contribution in [0.25, 0.3) is 0 Å². The Morgan fingerprint density at radius 2 is 1.68 bits per heavy atom. The number of rotatable bonds is 10. The van der Waals surface area contributed by atoms with Crippen molar-refractivity contribution in [2.75, 3.05) is 47.4 Å². The Kier molecular flexibility index (Phi) is 9.31. The molecular formula is C31H40N4O2. The number of likely N-dealkylation sites (tertiary alicyclic amines) is 1. The van der Waals surface area contributed by atoms with Crippen LogP contribution < -0.4 is 4.74 Å². The van der Waals surface area contributed by atoms with Crippen LogP contribution in [0, 0.1) is 6.92 Å². The fourth-order valence-electron chi connectivity index (χ4n) is 5.06. The van der Waals surface area contributed by atoms with Crippen LogP contribution >= 0.6 is 0 Å². The third-order valence-electron chi connectivity index (χ3n) is 7.18. The lowest BCUT2D eigenvalue weighted by atomic mass is 9.89. The van der Waals surface area contributed by atoms with Crippen molar-refractivity contribution >= 4 is 5.91 Å². The van der Waals surface area contributed by atoms with Crippen molar-refractivity contribution in [3.05, 3.63) is 94.8 Å². The lowest BCUT2D eigenvalue weighted by Crippen LogP contribution is -2.38. The monoisotopic (exact) mass is 500 g/mol. The number of pyridine rings is 1. The van der Waals surface area contributed by atoms with Crippen LogP contribution in [0.1, 0.15) is 51.6 Å². The highest BCUT2D eigenvalue weighted by Crippen LogP contribution is 2.31. The fraction of sp³-hybridized carbons (Fsp3) is 0.419. The first-order chi connectivity index (χ1) is 17.9. The summed E-state index contributed by atoms with van der Waals surface area (Å²) in [4.78, 5) is 25.5. The van der Waals surface area contributed by atoms with Crippen molar-refractivity contribution in [2.24, 2.45) is 0 Å². The predicted octanol–water partition coefficient (Wildman–Crippen LogP) is 4.98. The highest BCUT2D eigenvalue weighted by Gasteiger charge is 2.28. The number of methoxy groups -OCH3 is 1. The van der Waals surface area contributed by atoms with E-state index in [4.69, 9.17) is 9.72 Å². The lowest BCUT2D eigenvalue weighted by Gasteiger charge is -2.33. The normalized spacial score (nSPS) is 14.6. The number of ether oxygens (including phenoxy) is 1. The van der Waals surface area contributed by atoms with Crippen LogP contribution in [0.15, 0.2) is 66.7 Å². The molecule has 0 bridgehead atoms. The molecule has 6 heteroatoms. The summed E-state index contributed by atoms with van der Waals surface area (Å²) in [7, 11) is 5.82. The molecule has 0 saturated carbocycles. The third kappa shape index (κ3) is 7.18. The third-order valence-corrected chi connectivity index (χ3v) is 7.18. The van der Waals surface area contributed by atoms with Gasteiger partial charge in [0.25, 0.3) is 5.91 Å². The van der Waals surface area contributed by atoms with Crippen molar-refractivity contribution in [2.45, 2.75) is 38.8 Å². The number of aromatic nitrogens is 1. The number of piperidine rings is 1. The molecule has 1 aliphatic heterocycles. The van der Waals surface area contributed by atoms with Crippen molar-refractivity contribution in [3.63, 3.8) is 0 Å². The second-order valence-corrected chi connectivity index (χ2v) is 10.3. The molecule has 1 aliphatic rings. The summed E-state index contributed by atoms with van der Waals surface area (Å²) < 4.78 is 5.55. The molecule has 3 aromatic rings. The molecule has 0 unspecified atom stereocenters. The van der Waals surface area contributed by atoms with Gasteiger partial charge in [-0.2, -0.15) is 0 Å². The topological polar surface area (TPSA) is 48.9 Å². The highest BCUT2D eigenvalue weighted by atomic mass is 16.5. The number of hydrogen-bond donors (Lipinski definition) is 0. The predicted molar refractivity (Wildman–Crippen MR) is 149 cm³/mol. The molecule has 6 nitrogen and oxygen atoms in total. The van der Waals surface area contributed by atoms with Crippen LogP contribution in [0.4, 0.5) is 0 Å². The van der Waals surface area contributed by atoms with E-state index in [9.17, 15) is 4.79 Å². The zero-order valence-electron chi connectivity index (χ0n) is 22.7. The Morgan fingerprint density at radius 1 is 0.973 bits per heavy atom. The van der Waals surface area contributed by atoms with Crippen molar-refractivity contribution in [3.8, 4) is 5.75 Å². The first-order valence-corrected chi connectivity index (χ1v) is 13.2. The first-order valence-electron chi connectivity index (χ1n) is 13.2. The lowest BCUT2D eigenvalue weighted by molar-refractivity contribution is 0.0728. The molecule has 0 N–H and O–H groups in total. The van der Waals surface area contributed by atoms with Gasteiger partial charge in [0.15, 0.2) is 0 Å². The smallest absolute Gasteiger partial charge is 0.256 e.